The number of H-pyrrole nitrogens is 1. The average Bonchev–Trinajstić information content (AvgIpc) is 2.84. The van der Waals surface area contributed by atoms with Gasteiger partial charge in [-0.25, -0.2) is 14.4 Å². The number of aromatic nitrogens is 2. The fourth-order valence-corrected chi connectivity index (χ4v) is 2.52. The summed E-state index contributed by atoms with van der Waals surface area (Å²) >= 11 is 0. The first-order chi connectivity index (χ1) is 10.9. The van der Waals surface area contributed by atoms with E-state index in [0.717, 1.165) is 24.0 Å². The van der Waals surface area contributed by atoms with Gasteiger partial charge in [-0.15, -0.1) is 0 Å². The van der Waals surface area contributed by atoms with E-state index in [9.17, 15) is 14.4 Å². The highest BCUT2D eigenvalue weighted by Crippen LogP contribution is 2.22. The van der Waals surface area contributed by atoms with Gasteiger partial charge in [0.2, 0.25) is 0 Å². The number of carbonyl (C=O) groups is 2. The molecule has 1 aliphatic rings. The van der Waals surface area contributed by atoms with Crippen LogP contribution in [0.1, 0.15) is 5.56 Å². The fourth-order valence-electron chi connectivity index (χ4n) is 2.52. The molecule has 0 spiro atoms. The molecule has 23 heavy (non-hydrogen) atoms. The number of benzene rings is 1. The molecule has 8 nitrogen and oxygen atoms in total. The summed E-state index contributed by atoms with van der Waals surface area (Å²) in [7, 11) is 1.94. The number of carboxylic acids is 2. The molecule has 2 aromatic rings. The predicted octanol–water partition coefficient (Wildman–Crippen LogP) is 0.185. The first-order valence-corrected chi connectivity index (χ1v) is 6.94. The molecule has 0 aliphatic carbocycles. The van der Waals surface area contributed by atoms with Crippen molar-refractivity contribution in [1.82, 2.24) is 14.9 Å². The molecule has 0 saturated heterocycles. The minimum atomic E-state index is -1.26. The molecular formula is C15H17N3O5. The van der Waals surface area contributed by atoms with Crippen molar-refractivity contribution in [3.63, 3.8) is 0 Å². The largest absolute Gasteiger partial charge is 0.478 e. The number of hydrogen-bond acceptors (Lipinski definition) is 4. The van der Waals surface area contributed by atoms with Crippen LogP contribution in [-0.2, 0) is 22.6 Å². The molecule has 0 fully saturated rings. The van der Waals surface area contributed by atoms with Crippen LogP contribution in [0.25, 0.3) is 11.0 Å². The summed E-state index contributed by atoms with van der Waals surface area (Å²) in [5.74, 6) is -2.51. The van der Waals surface area contributed by atoms with Crippen LogP contribution in [0.2, 0.25) is 0 Å². The molecule has 3 rings (SSSR count). The fraction of sp³-hybridized carbons (Fsp3) is 0.267. The maximum absolute atomic E-state index is 11.7. The van der Waals surface area contributed by atoms with E-state index in [0.29, 0.717) is 18.2 Å². The summed E-state index contributed by atoms with van der Waals surface area (Å²) in [6.45, 7) is 0.756. The summed E-state index contributed by atoms with van der Waals surface area (Å²) in [5.41, 5.74) is 3.27. The zero-order valence-corrected chi connectivity index (χ0v) is 12.4. The van der Waals surface area contributed by atoms with Crippen molar-refractivity contribution < 1.29 is 19.8 Å². The molecule has 4 N–H and O–H groups in total. The monoisotopic (exact) mass is 319 g/mol. The van der Waals surface area contributed by atoms with E-state index in [1.807, 2.05) is 23.7 Å². The lowest BCUT2D eigenvalue weighted by molar-refractivity contribution is -0.134. The van der Waals surface area contributed by atoms with Gasteiger partial charge >= 0.3 is 17.6 Å². The van der Waals surface area contributed by atoms with Gasteiger partial charge in [0.05, 0.1) is 11.0 Å². The van der Waals surface area contributed by atoms with Gasteiger partial charge in [0, 0.05) is 24.7 Å². The number of aliphatic carboxylic acids is 2. The molecule has 0 radical (unpaired) electrons. The first kappa shape index (κ1) is 16.5. The van der Waals surface area contributed by atoms with E-state index in [2.05, 4.69) is 16.4 Å². The number of nitrogens with zero attached hydrogens (tertiary/aromatic N) is 1. The van der Waals surface area contributed by atoms with Crippen molar-refractivity contribution in [1.29, 1.82) is 0 Å². The summed E-state index contributed by atoms with van der Waals surface area (Å²) in [6.07, 6.45) is 2.11. The Bertz CT molecular complexity index is 802. The van der Waals surface area contributed by atoms with E-state index in [1.165, 1.54) is 5.56 Å². The Balaban J connectivity index is 0.000000207. The molecule has 1 atom stereocenters. The van der Waals surface area contributed by atoms with Crippen molar-refractivity contribution in [3.05, 3.63) is 46.4 Å². The van der Waals surface area contributed by atoms with Crippen molar-refractivity contribution >= 4 is 23.0 Å². The van der Waals surface area contributed by atoms with Crippen LogP contribution in [0, 0.1) is 0 Å². The molecule has 8 heteroatoms. The second-order valence-corrected chi connectivity index (χ2v) is 5.05. The van der Waals surface area contributed by atoms with E-state index >= 15 is 0 Å². The number of nitrogens with one attached hydrogen (secondary N) is 2. The zero-order valence-electron chi connectivity index (χ0n) is 12.4. The third-order valence-corrected chi connectivity index (χ3v) is 3.52. The number of carboxylic acid groups (broad SMARTS) is 2. The number of rotatable bonds is 3. The molecular weight excluding hydrogens is 302 g/mol. The second-order valence-electron chi connectivity index (χ2n) is 5.05. The van der Waals surface area contributed by atoms with E-state index in [4.69, 9.17) is 10.2 Å². The molecule has 0 unspecified atom stereocenters. The maximum Gasteiger partial charge on any atom is 0.328 e. The van der Waals surface area contributed by atoms with Crippen LogP contribution in [-0.4, -0.2) is 44.8 Å². The van der Waals surface area contributed by atoms with Crippen LogP contribution in [0.15, 0.2) is 35.1 Å². The Morgan fingerprint density at radius 1 is 1.30 bits per heavy atom. The Labute approximate surface area is 131 Å². The SMILES string of the molecule is CN[C@@H]1Cc2cccc3[nH]c(=O)n(c23)C1.O=C(O)C=CC(=O)O. The third-order valence-electron chi connectivity index (χ3n) is 3.52. The topological polar surface area (TPSA) is 124 Å². The molecule has 0 saturated carbocycles. The number of hydrogen-bond donors (Lipinski definition) is 4. The van der Waals surface area contributed by atoms with Crippen molar-refractivity contribution in [3.8, 4) is 0 Å². The van der Waals surface area contributed by atoms with Crippen LogP contribution < -0.4 is 11.0 Å². The van der Waals surface area contributed by atoms with Gasteiger partial charge in [-0.05, 0) is 25.1 Å². The number of imidazole rings is 1. The first-order valence-electron chi connectivity index (χ1n) is 6.94. The minimum Gasteiger partial charge on any atom is -0.478 e. The van der Waals surface area contributed by atoms with Gasteiger partial charge in [-0.3, -0.25) is 4.57 Å². The Kier molecular flexibility index (Phi) is 4.97. The van der Waals surface area contributed by atoms with E-state index < -0.39 is 11.9 Å². The van der Waals surface area contributed by atoms with Crippen LogP contribution in [0.5, 0.6) is 0 Å². The van der Waals surface area contributed by atoms with E-state index in [1.54, 1.807) is 0 Å². The van der Waals surface area contributed by atoms with Crippen molar-refractivity contribution in [2.45, 2.75) is 19.0 Å². The molecule has 122 valence electrons. The van der Waals surface area contributed by atoms with Crippen molar-refractivity contribution in [2.75, 3.05) is 7.05 Å². The summed E-state index contributed by atoms with van der Waals surface area (Å²) in [5, 5.41) is 18.9. The van der Waals surface area contributed by atoms with Gasteiger partial charge in [0.25, 0.3) is 0 Å². The molecule has 0 bridgehead atoms. The lowest BCUT2D eigenvalue weighted by Gasteiger charge is -2.22. The van der Waals surface area contributed by atoms with Gasteiger partial charge in [0.1, 0.15) is 0 Å². The summed E-state index contributed by atoms with van der Waals surface area (Å²) in [4.78, 5) is 33.7. The molecule has 1 aromatic heterocycles. The van der Waals surface area contributed by atoms with Gasteiger partial charge in [-0.1, -0.05) is 12.1 Å². The molecule has 1 aromatic carbocycles. The predicted molar refractivity (Wildman–Crippen MR) is 83.5 cm³/mol. The highest BCUT2D eigenvalue weighted by molar-refractivity contribution is 5.89. The summed E-state index contributed by atoms with van der Waals surface area (Å²) < 4.78 is 1.83. The smallest absolute Gasteiger partial charge is 0.328 e. The maximum atomic E-state index is 11.7. The van der Waals surface area contributed by atoms with Gasteiger partial charge in [0.15, 0.2) is 0 Å². The van der Waals surface area contributed by atoms with Gasteiger partial charge in [-0.2, -0.15) is 0 Å². The van der Waals surface area contributed by atoms with Crippen molar-refractivity contribution in [2.24, 2.45) is 0 Å². The van der Waals surface area contributed by atoms with E-state index in [-0.39, 0.29) is 5.69 Å². The molecule has 1 aliphatic heterocycles. The highest BCUT2D eigenvalue weighted by atomic mass is 16.4. The quantitative estimate of drug-likeness (QED) is 0.598. The Hall–Kier alpha value is -2.87. The number of aromatic amines is 1. The minimum absolute atomic E-state index is 0.00241. The second kappa shape index (κ2) is 6.93. The highest BCUT2D eigenvalue weighted by Gasteiger charge is 2.21. The van der Waals surface area contributed by atoms with Crippen LogP contribution >= 0.6 is 0 Å². The normalized spacial score (nSPS) is 16.1. The number of para-hydroxylation sites is 1. The number of likely N-dealkylation sites (N-methyl/N-ethyl adjacent to an activating group) is 1. The Morgan fingerprint density at radius 3 is 2.52 bits per heavy atom. The van der Waals surface area contributed by atoms with Crippen LogP contribution in [0.3, 0.4) is 0 Å². The zero-order chi connectivity index (χ0) is 17.0. The van der Waals surface area contributed by atoms with Crippen LogP contribution in [0.4, 0.5) is 0 Å². The average molecular weight is 319 g/mol. The Morgan fingerprint density at radius 2 is 1.96 bits per heavy atom. The lowest BCUT2D eigenvalue weighted by Crippen LogP contribution is -2.38. The molecule has 0 amide bonds. The summed E-state index contributed by atoms with van der Waals surface area (Å²) in [6, 6.07) is 6.40. The van der Waals surface area contributed by atoms with Gasteiger partial charge < -0.3 is 20.5 Å². The lowest BCUT2D eigenvalue weighted by atomic mass is 10.0. The third kappa shape index (κ3) is 3.86. The molecule has 2 heterocycles. The standard InChI is InChI=1S/C11H13N3O.C4H4O4/c1-12-8-5-7-3-2-4-9-10(7)14(6-8)11(15)13-9;5-3(6)1-2-4(7)8/h2-4,8,12H,5-6H2,1H3,(H,13,15);1-2H,(H,5,6)(H,7,8)/t8-;/m1./s1.